The van der Waals surface area contributed by atoms with Gasteiger partial charge in [-0.15, -0.1) is 0 Å². The minimum absolute atomic E-state index is 0.112. The van der Waals surface area contributed by atoms with Crippen molar-refractivity contribution in [2.45, 2.75) is 18.9 Å². The summed E-state index contributed by atoms with van der Waals surface area (Å²) in [5.74, 6) is 1.36. The Morgan fingerprint density at radius 2 is 2.19 bits per heavy atom. The van der Waals surface area contributed by atoms with E-state index in [-0.39, 0.29) is 12.6 Å². The maximum absolute atomic E-state index is 9.47. The molecule has 1 unspecified atom stereocenters. The maximum Gasteiger partial charge on any atom is 0.258 e. The number of aliphatic hydroxyl groups excluding tert-OH is 1. The minimum Gasteiger partial charge on any atom is -0.490 e. The predicted octanol–water partition coefficient (Wildman–Crippen LogP) is 2.87. The van der Waals surface area contributed by atoms with Crippen LogP contribution in [0, 0.1) is 11.3 Å². The van der Waals surface area contributed by atoms with E-state index in [4.69, 9.17) is 19.1 Å². The van der Waals surface area contributed by atoms with Gasteiger partial charge < -0.3 is 24.4 Å². The summed E-state index contributed by atoms with van der Waals surface area (Å²) in [6, 6.07) is 13.7. The highest BCUT2D eigenvalue weighted by atomic mass is 16.5. The second-order valence-electron chi connectivity index (χ2n) is 7.23. The number of nitrogens with one attached hydrogen (secondary N) is 1. The van der Waals surface area contributed by atoms with E-state index in [0.29, 0.717) is 48.4 Å². The van der Waals surface area contributed by atoms with Gasteiger partial charge in [-0.2, -0.15) is 10.2 Å². The molecule has 1 heterocycles. The van der Waals surface area contributed by atoms with Gasteiger partial charge >= 0.3 is 0 Å². The Labute approximate surface area is 180 Å². The van der Waals surface area contributed by atoms with E-state index in [2.05, 4.69) is 27.6 Å². The summed E-state index contributed by atoms with van der Waals surface area (Å²) in [6.45, 7) is 1.48. The van der Waals surface area contributed by atoms with Crippen LogP contribution in [0.5, 0.6) is 5.75 Å². The number of benzene rings is 2. The lowest BCUT2D eigenvalue weighted by Gasteiger charge is -2.13. The molecule has 31 heavy (non-hydrogen) atoms. The van der Waals surface area contributed by atoms with E-state index in [0.717, 1.165) is 18.4 Å². The van der Waals surface area contributed by atoms with Crippen molar-refractivity contribution in [2.75, 3.05) is 33.5 Å². The fourth-order valence-electron chi connectivity index (χ4n) is 3.88. The van der Waals surface area contributed by atoms with Gasteiger partial charge in [-0.1, -0.05) is 23.4 Å². The first-order chi connectivity index (χ1) is 15.2. The van der Waals surface area contributed by atoms with Crippen LogP contribution < -0.4 is 10.1 Å². The van der Waals surface area contributed by atoms with Crippen molar-refractivity contribution in [3.05, 3.63) is 53.1 Å². The van der Waals surface area contributed by atoms with Crippen LogP contribution >= 0.6 is 0 Å². The third-order valence-electron chi connectivity index (χ3n) is 5.33. The molecule has 0 fully saturated rings. The van der Waals surface area contributed by atoms with Crippen molar-refractivity contribution >= 4 is 0 Å². The molecule has 4 rings (SSSR count). The lowest BCUT2D eigenvalue weighted by Crippen LogP contribution is -2.22. The van der Waals surface area contributed by atoms with Crippen molar-refractivity contribution in [1.82, 2.24) is 15.5 Å². The molecule has 160 valence electrons. The number of fused-ring (bicyclic) bond motifs is 1. The Morgan fingerprint density at radius 3 is 3.00 bits per heavy atom. The van der Waals surface area contributed by atoms with Gasteiger partial charge in [0.05, 0.1) is 18.8 Å². The number of rotatable bonds is 9. The second kappa shape index (κ2) is 9.71. The second-order valence-corrected chi connectivity index (χ2v) is 7.23. The smallest absolute Gasteiger partial charge is 0.258 e. The van der Waals surface area contributed by atoms with Crippen LogP contribution in [0.1, 0.15) is 29.2 Å². The van der Waals surface area contributed by atoms with Gasteiger partial charge in [0.15, 0.2) is 0 Å². The van der Waals surface area contributed by atoms with Crippen molar-refractivity contribution in [3.63, 3.8) is 0 Å². The van der Waals surface area contributed by atoms with Crippen LogP contribution in [0.15, 0.2) is 40.9 Å². The van der Waals surface area contributed by atoms with Gasteiger partial charge in [-0.3, -0.25) is 0 Å². The third kappa shape index (κ3) is 4.44. The van der Waals surface area contributed by atoms with Gasteiger partial charge in [0, 0.05) is 30.8 Å². The molecule has 0 amide bonds. The molecule has 2 aromatic carbocycles. The highest BCUT2D eigenvalue weighted by Gasteiger charge is 2.26. The Bertz CT molecular complexity index is 1090. The number of nitrogens with zero attached hydrogens (tertiary/aromatic N) is 3. The molecule has 0 spiro atoms. The standard InChI is InChI=1S/C23H24N4O4/c1-29-11-12-30-21-8-5-15(13-16(21)14-24)23-26-22(27-31-23)19-4-2-3-18-17(19)6-7-20(18)25-9-10-28/h2-5,8,13,20,25,28H,6-7,9-12H2,1H3. The Balaban J connectivity index is 1.59. The van der Waals surface area contributed by atoms with Gasteiger partial charge in [-0.05, 0) is 42.2 Å². The summed E-state index contributed by atoms with van der Waals surface area (Å²) in [5, 5.41) is 26.1. The number of aromatic nitrogens is 2. The highest BCUT2D eigenvalue weighted by molar-refractivity contribution is 5.67. The van der Waals surface area contributed by atoms with Crippen LogP contribution in [-0.2, 0) is 11.2 Å². The number of hydrogen-bond donors (Lipinski definition) is 2. The van der Waals surface area contributed by atoms with Crippen LogP contribution in [-0.4, -0.2) is 48.7 Å². The van der Waals surface area contributed by atoms with Crippen LogP contribution in [0.2, 0.25) is 0 Å². The summed E-state index contributed by atoms with van der Waals surface area (Å²) in [7, 11) is 1.60. The Hall–Kier alpha value is -3.25. The summed E-state index contributed by atoms with van der Waals surface area (Å²) in [4.78, 5) is 4.59. The number of methoxy groups -OCH3 is 1. The average molecular weight is 420 g/mol. The summed E-state index contributed by atoms with van der Waals surface area (Å²) < 4.78 is 16.1. The van der Waals surface area contributed by atoms with Gasteiger partial charge in [0.2, 0.25) is 5.82 Å². The maximum atomic E-state index is 9.47. The van der Waals surface area contributed by atoms with Crippen LogP contribution in [0.3, 0.4) is 0 Å². The summed E-state index contributed by atoms with van der Waals surface area (Å²) >= 11 is 0. The van der Waals surface area contributed by atoms with Crippen LogP contribution in [0.25, 0.3) is 22.8 Å². The molecule has 0 radical (unpaired) electrons. The van der Waals surface area contributed by atoms with E-state index >= 15 is 0 Å². The first kappa shape index (κ1) is 21.0. The zero-order chi connectivity index (χ0) is 21.6. The molecular weight excluding hydrogens is 396 g/mol. The van der Waals surface area contributed by atoms with Gasteiger partial charge in [0.25, 0.3) is 5.89 Å². The lowest BCUT2D eigenvalue weighted by molar-refractivity contribution is 0.146. The molecule has 0 saturated carbocycles. The third-order valence-corrected chi connectivity index (χ3v) is 5.33. The fraction of sp³-hybridized carbons (Fsp3) is 0.348. The molecule has 0 saturated heterocycles. The first-order valence-electron chi connectivity index (χ1n) is 10.2. The van der Waals surface area contributed by atoms with Crippen LogP contribution in [0.4, 0.5) is 0 Å². The molecule has 8 heteroatoms. The molecular formula is C23H24N4O4. The molecule has 8 nitrogen and oxygen atoms in total. The molecule has 1 aliphatic rings. The summed E-state index contributed by atoms with van der Waals surface area (Å²) in [6.07, 6.45) is 1.87. The monoisotopic (exact) mass is 420 g/mol. The number of nitriles is 1. The molecule has 2 N–H and O–H groups in total. The van der Waals surface area contributed by atoms with Crippen molar-refractivity contribution in [3.8, 4) is 34.7 Å². The zero-order valence-electron chi connectivity index (χ0n) is 17.3. The molecule has 3 aromatic rings. The van der Waals surface area contributed by atoms with Crippen molar-refractivity contribution in [1.29, 1.82) is 5.26 Å². The lowest BCUT2D eigenvalue weighted by atomic mass is 10.0. The Morgan fingerprint density at radius 1 is 1.29 bits per heavy atom. The van der Waals surface area contributed by atoms with E-state index in [1.165, 1.54) is 11.1 Å². The van der Waals surface area contributed by atoms with Gasteiger partial charge in [0.1, 0.15) is 18.4 Å². The number of ether oxygens (including phenoxy) is 2. The molecule has 1 atom stereocenters. The number of hydrogen-bond acceptors (Lipinski definition) is 8. The molecule has 1 aliphatic carbocycles. The normalized spacial score (nSPS) is 14.9. The zero-order valence-corrected chi connectivity index (χ0v) is 17.3. The molecule has 0 bridgehead atoms. The van der Waals surface area contributed by atoms with E-state index < -0.39 is 0 Å². The topological polar surface area (TPSA) is 113 Å². The molecule has 0 aliphatic heterocycles. The minimum atomic E-state index is 0.112. The number of aliphatic hydroxyl groups is 1. The molecule has 1 aromatic heterocycles. The van der Waals surface area contributed by atoms with E-state index in [1.54, 1.807) is 25.3 Å². The van der Waals surface area contributed by atoms with Crippen molar-refractivity contribution in [2.24, 2.45) is 0 Å². The average Bonchev–Trinajstić information content (AvgIpc) is 3.45. The Kier molecular flexibility index (Phi) is 6.57. The van der Waals surface area contributed by atoms with E-state index in [9.17, 15) is 5.26 Å². The van der Waals surface area contributed by atoms with Crippen molar-refractivity contribution < 1.29 is 19.1 Å². The predicted molar refractivity (Wildman–Crippen MR) is 113 cm³/mol. The fourth-order valence-corrected chi connectivity index (χ4v) is 3.88. The van der Waals surface area contributed by atoms with Gasteiger partial charge in [-0.25, -0.2) is 0 Å². The largest absolute Gasteiger partial charge is 0.490 e. The summed E-state index contributed by atoms with van der Waals surface area (Å²) in [5.41, 5.74) is 4.41. The SMILES string of the molecule is COCCOc1ccc(-c2nc(-c3cccc4c3CCC4NCCO)no2)cc1C#N. The highest BCUT2D eigenvalue weighted by Crippen LogP contribution is 2.37. The first-order valence-corrected chi connectivity index (χ1v) is 10.2. The van der Waals surface area contributed by atoms with E-state index in [1.807, 2.05) is 12.1 Å². The quantitative estimate of drug-likeness (QED) is 0.508.